The topological polar surface area (TPSA) is 46.2 Å². The van der Waals surface area contributed by atoms with Crippen molar-refractivity contribution >= 4 is 10.0 Å². The molecular formula is C10H12F3NO2S. The van der Waals surface area contributed by atoms with Gasteiger partial charge < -0.3 is 0 Å². The lowest BCUT2D eigenvalue weighted by Gasteiger charge is -2.11. The Labute approximate surface area is 97.7 Å². The normalized spacial score (nSPS) is 12.8. The maximum Gasteiger partial charge on any atom is 0.511 e. The van der Waals surface area contributed by atoms with E-state index in [1.165, 1.54) is 4.72 Å². The van der Waals surface area contributed by atoms with Gasteiger partial charge in [-0.2, -0.15) is 13.2 Å². The summed E-state index contributed by atoms with van der Waals surface area (Å²) in [7, 11) is -5.27. The first-order valence-corrected chi connectivity index (χ1v) is 6.24. The molecule has 7 heteroatoms. The summed E-state index contributed by atoms with van der Waals surface area (Å²) >= 11 is 0. The van der Waals surface area contributed by atoms with Crippen molar-refractivity contribution in [2.75, 3.05) is 0 Å². The molecule has 0 radical (unpaired) electrons. The first kappa shape index (κ1) is 14.0. The molecule has 1 aromatic carbocycles. The fourth-order valence-electron chi connectivity index (χ4n) is 1.30. The molecule has 1 rings (SSSR count). The average molecular weight is 267 g/mol. The van der Waals surface area contributed by atoms with Gasteiger partial charge in [-0.05, 0) is 25.0 Å². The zero-order valence-corrected chi connectivity index (χ0v) is 10.1. The van der Waals surface area contributed by atoms with Gasteiger partial charge in [0.05, 0.1) is 0 Å². The zero-order chi connectivity index (χ0) is 13.3. The van der Waals surface area contributed by atoms with Crippen LogP contribution in [0.3, 0.4) is 0 Å². The number of benzene rings is 1. The fraction of sp³-hybridized carbons (Fsp3) is 0.400. The van der Waals surface area contributed by atoms with Crippen LogP contribution in [-0.4, -0.2) is 13.9 Å². The van der Waals surface area contributed by atoms with E-state index in [4.69, 9.17) is 0 Å². The van der Waals surface area contributed by atoms with Gasteiger partial charge >= 0.3 is 15.5 Å². The van der Waals surface area contributed by atoms with Crippen LogP contribution in [0.2, 0.25) is 0 Å². The van der Waals surface area contributed by atoms with E-state index in [9.17, 15) is 21.6 Å². The van der Waals surface area contributed by atoms with Crippen LogP contribution in [0.15, 0.2) is 18.2 Å². The fourth-order valence-corrected chi connectivity index (χ4v) is 1.81. The number of sulfonamides is 1. The summed E-state index contributed by atoms with van der Waals surface area (Å²) in [6.45, 7) is 3.19. The molecule has 1 N–H and O–H groups in total. The van der Waals surface area contributed by atoms with E-state index < -0.39 is 15.5 Å². The van der Waals surface area contributed by atoms with Crippen molar-refractivity contribution in [3.8, 4) is 0 Å². The van der Waals surface area contributed by atoms with Crippen LogP contribution >= 0.6 is 0 Å². The van der Waals surface area contributed by atoms with Crippen LogP contribution in [0.1, 0.15) is 16.7 Å². The number of hydrogen-bond acceptors (Lipinski definition) is 2. The van der Waals surface area contributed by atoms with Gasteiger partial charge in [0, 0.05) is 6.54 Å². The molecule has 0 aromatic heterocycles. The number of nitrogens with one attached hydrogen (secondary N) is 1. The van der Waals surface area contributed by atoms with E-state index >= 15 is 0 Å². The van der Waals surface area contributed by atoms with E-state index in [-0.39, 0.29) is 6.54 Å². The Morgan fingerprint density at radius 2 is 1.82 bits per heavy atom. The predicted octanol–water partition coefficient (Wildman–Crippen LogP) is 2.24. The summed E-state index contributed by atoms with van der Waals surface area (Å²) in [5, 5.41) is 0. The zero-order valence-electron chi connectivity index (χ0n) is 9.30. The molecule has 0 amide bonds. The lowest BCUT2D eigenvalue weighted by molar-refractivity contribution is -0.0448. The summed E-state index contributed by atoms with van der Waals surface area (Å²) in [5.41, 5.74) is -3.05. The Kier molecular flexibility index (Phi) is 3.83. The highest BCUT2D eigenvalue weighted by Crippen LogP contribution is 2.22. The molecule has 96 valence electrons. The first-order chi connectivity index (χ1) is 7.63. The molecule has 0 aliphatic rings. The Bertz CT molecular complexity index is 509. The van der Waals surface area contributed by atoms with Crippen LogP contribution in [0.5, 0.6) is 0 Å². The van der Waals surface area contributed by atoms with Gasteiger partial charge in [0.25, 0.3) is 0 Å². The molecular weight excluding hydrogens is 255 g/mol. The van der Waals surface area contributed by atoms with Crippen molar-refractivity contribution < 1.29 is 21.6 Å². The Hall–Kier alpha value is -1.08. The minimum absolute atomic E-state index is 0.367. The third-order valence-corrected chi connectivity index (χ3v) is 3.39. The van der Waals surface area contributed by atoms with E-state index in [1.807, 2.05) is 6.92 Å². The Morgan fingerprint density at radius 3 is 2.29 bits per heavy atom. The summed E-state index contributed by atoms with van der Waals surface area (Å²) < 4.78 is 59.2. The van der Waals surface area contributed by atoms with Crippen LogP contribution < -0.4 is 4.72 Å². The molecule has 0 aliphatic heterocycles. The number of alkyl halides is 3. The van der Waals surface area contributed by atoms with Crippen molar-refractivity contribution in [3.05, 3.63) is 34.9 Å². The predicted molar refractivity (Wildman–Crippen MR) is 57.7 cm³/mol. The smallest absolute Gasteiger partial charge is 0.203 e. The van der Waals surface area contributed by atoms with Gasteiger partial charge in [0.1, 0.15) is 0 Å². The lowest BCUT2D eigenvalue weighted by atomic mass is 10.1. The minimum Gasteiger partial charge on any atom is -0.203 e. The van der Waals surface area contributed by atoms with Crippen molar-refractivity contribution in [3.63, 3.8) is 0 Å². The van der Waals surface area contributed by atoms with Crippen molar-refractivity contribution in [1.82, 2.24) is 4.72 Å². The summed E-state index contributed by atoms with van der Waals surface area (Å²) in [5.74, 6) is 0. The first-order valence-electron chi connectivity index (χ1n) is 4.75. The van der Waals surface area contributed by atoms with Gasteiger partial charge in [-0.25, -0.2) is 13.1 Å². The Morgan fingerprint density at radius 1 is 1.24 bits per heavy atom. The SMILES string of the molecule is Cc1ccc(CNS(=O)(=O)C(F)(F)F)c(C)c1. The lowest BCUT2D eigenvalue weighted by Crippen LogP contribution is -2.36. The van der Waals surface area contributed by atoms with Crippen LogP contribution in [0.25, 0.3) is 0 Å². The number of hydrogen-bond donors (Lipinski definition) is 1. The summed E-state index contributed by atoms with van der Waals surface area (Å²) in [6, 6.07) is 5.09. The summed E-state index contributed by atoms with van der Waals surface area (Å²) in [4.78, 5) is 0. The van der Waals surface area contributed by atoms with E-state index in [0.717, 1.165) is 11.1 Å². The van der Waals surface area contributed by atoms with Crippen molar-refractivity contribution in [2.45, 2.75) is 25.9 Å². The number of aryl methyl sites for hydroxylation is 2. The van der Waals surface area contributed by atoms with Gasteiger partial charge in [-0.1, -0.05) is 23.8 Å². The molecule has 0 saturated carbocycles. The molecule has 0 unspecified atom stereocenters. The standard InChI is InChI=1S/C10H12F3NO2S/c1-7-3-4-9(8(2)5-7)6-14-17(15,16)10(11,12)13/h3-5,14H,6H2,1-2H3. The molecule has 3 nitrogen and oxygen atoms in total. The quantitative estimate of drug-likeness (QED) is 0.913. The van der Waals surface area contributed by atoms with Gasteiger partial charge in [-0.3, -0.25) is 0 Å². The molecule has 0 bridgehead atoms. The molecule has 1 aromatic rings. The molecule has 0 spiro atoms. The number of halogens is 3. The molecule has 0 aliphatic carbocycles. The molecule has 0 atom stereocenters. The van der Waals surface area contributed by atoms with E-state index in [0.29, 0.717) is 5.56 Å². The molecule has 0 fully saturated rings. The van der Waals surface area contributed by atoms with Crippen LogP contribution in [-0.2, 0) is 16.6 Å². The molecule has 0 saturated heterocycles. The number of rotatable bonds is 3. The minimum atomic E-state index is -5.27. The molecule has 0 heterocycles. The summed E-state index contributed by atoms with van der Waals surface area (Å²) in [6.07, 6.45) is 0. The Balaban J connectivity index is 2.82. The second-order valence-corrected chi connectivity index (χ2v) is 5.46. The second kappa shape index (κ2) is 4.66. The third-order valence-electron chi connectivity index (χ3n) is 2.26. The second-order valence-electron chi connectivity index (χ2n) is 3.70. The monoisotopic (exact) mass is 267 g/mol. The van der Waals surface area contributed by atoms with E-state index in [2.05, 4.69) is 0 Å². The van der Waals surface area contributed by atoms with Crippen LogP contribution in [0.4, 0.5) is 13.2 Å². The van der Waals surface area contributed by atoms with Crippen molar-refractivity contribution in [1.29, 1.82) is 0 Å². The highest BCUT2D eigenvalue weighted by molar-refractivity contribution is 7.90. The van der Waals surface area contributed by atoms with Crippen LogP contribution in [0, 0.1) is 13.8 Å². The van der Waals surface area contributed by atoms with Crippen molar-refractivity contribution in [2.24, 2.45) is 0 Å². The highest BCUT2D eigenvalue weighted by atomic mass is 32.2. The maximum atomic E-state index is 12.1. The third kappa shape index (κ3) is 3.44. The average Bonchev–Trinajstić information content (AvgIpc) is 2.14. The largest absolute Gasteiger partial charge is 0.511 e. The molecule has 17 heavy (non-hydrogen) atoms. The van der Waals surface area contributed by atoms with Gasteiger partial charge in [0.15, 0.2) is 0 Å². The van der Waals surface area contributed by atoms with Gasteiger partial charge in [0.2, 0.25) is 0 Å². The van der Waals surface area contributed by atoms with E-state index in [1.54, 1.807) is 25.1 Å². The maximum absolute atomic E-state index is 12.1. The van der Waals surface area contributed by atoms with Gasteiger partial charge in [-0.15, -0.1) is 0 Å². The highest BCUT2D eigenvalue weighted by Gasteiger charge is 2.45.